The van der Waals surface area contributed by atoms with Gasteiger partial charge in [-0.05, 0) is 12.3 Å². The number of hydrogen-bond donors (Lipinski definition) is 1. The number of carbonyl (C=O) groups is 1. The van der Waals surface area contributed by atoms with Crippen LogP contribution in [0.3, 0.4) is 0 Å². The average Bonchev–Trinajstić information content (AvgIpc) is 1.84. The molecule has 0 aliphatic heterocycles. The molecule has 1 unspecified atom stereocenters. The van der Waals surface area contributed by atoms with Gasteiger partial charge in [0.05, 0.1) is 0 Å². The lowest BCUT2D eigenvalue weighted by atomic mass is 10.0. The van der Waals surface area contributed by atoms with E-state index >= 15 is 0 Å². The van der Waals surface area contributed by atoms with E-state index in [2.05, 4.69) is 6.58 Å². The largest absolute Gasteiger partial charge is 0.478 e. The van der Waals surface area contributed by atoms with Gasteiger partial charge in [0, 0.05) is 5.57 Å². The van der Waals surface area contributed by atoms with Gasteiger partial charge in [-0.15, -0.1) is 0 Å². The van der Waals surface area contributed by atoms with Crippen LogP contribution >= 0.6 is 0 Å². The van der Waals surface area contributed by atoms with Crippen LogP contribution in [-0.2, 0) is 4.79 Å². The highest BCUT2D eigenvalue weighted by Gasteiger charge is 2.09. The maximum Gasteiger partial charge on any atom is 0.331 e. The van der Waals surface area contributed by atoms with E-state index < -0.39 is 5.97 Å². The molecule has 2 heteroatoms. The lowest BCUT2D eigenvalue weighted by Crippen LogP contribution is -2.06. The van der Waals surface area contributed by atoms with Crippen molar-refractivity contribution in [2.45, 2.75) is 20.3 Å². The van der Waals surface area contributed by atoms with E-state index in [0.717, 1.165) is 6.42 Å². The molecule has 1 atom stereocenters. The van der Waals surface area contributed by atoms with E-state index in [1.165, 1.54) is 0 Å². The van der Waals surface area contributed by atoms with Crippen molar-refractivity contribution in [2.75, 3.05) is 0 Å². The van der Waals surface area contributed by atoms with Crippen LogP contribution in [0.1, 0.15) is 20.3 Å². The molecule has 0 spiro atoms. The van der Waals surface area contributed by atoms with Crippen molar-refractivity contribution in [3.63, 3.8) is 0 Å². The van der Waals surface area contributed by atoms with Gasteiger partial charge in [-0.2, -0.15) is 0 Å². The second kappa shape index (κ2) is 3.28. The number of aliphatic carboxylic acids is 1. The first-order valence-corrected chi connectivity index (χ1v) is 3.01. The van der Waals surface area contributed by atoms with E-state index in [0.29, 0.717) is 5.57 Å². The number of carboxylic acids is 1. The summed E-state index contributed by atoms with van der Waals surface area (Å²) in [4.78, 5) is 10.2. The van der Waals surface area contributed by atoms with Gasteiger partial charge in [-0.1, -0.05) is 20.4 Å². The standard InChI is InChI=1S/C7H12O2/c1-4-5(2)6(3)7(8)9/h5H,3-4H2,1-2H3,(H,8,9). The van der Waals surface area contributed by atoms with Crippen LogP contribution in [0.25, 0.3) is 0 Å². The van der Waals surface area contributed by atoms with Crippen molar-refractivity contribution in [3.05, 3.63) is 12.2 Å². The molecule has 9 heavy (non-hydrogen) atoms. The Kier molecular flexibility index (Phi) is 2.99. The third kappa shape index (κ3) is 2.31. The third-order valence-electron chi connectivity index (χ3n) is 1.48. The van der Waals surface area contributed by atoms with Crippen LogP contribution in [0.4, 0.5) is 0 Å². The molecule has 0 saturated heterocycles. The number of carboxylic acid groups (broad SMARTS) is 1. The zero-order valence-electron chi connectivity index (χ0n) is 5.85. The Balaban J connectivity index is 3.88. The summed E-state index contributed by atoms with van der Waals surface area (Å²) in [6, 6.07) is 0. The molecule has 0 amide bonds. The molecular formula is C7H12O2. The first-order valence-electron chi connectivity index (χ1n) is 3.01. The quantitative estimate of drug-likeness (QED) is 0.587. The molecular weight excluding hydrogens is 116 g/mol. The first kappa shape index (κ1) is 8.21. The van der Waals surface area contributed by atoms with Crippen molar-refractivity contribution in [3.8, 4) is 0 Å². The molecule has 0 aromatic carbocycles. The van der Waals surface area contributed by atoms with Crippen molar-refractivity contribution in [2.24, 2.45) is 5.92 Å². The summed E-state index contributed by atoms with van der Waals surface area (Å²) in [5.41, 5.74) is 0.303. The van der Waals surface area contributed by atoms with Crippen LogP contribution in [-0.4, -0.2) is 11.1 Å². The van der Waals surface area contributed by atoms with Gasteiger partial charge in [0.1, 0.15) is 0 Å². The fourth-order valence-electron chi connectivity index (χ4n) is 0.457. The first-order chi connectivity index (χ1) is 4.09. The molecule has 0 aliphatic rings. The second-order valence-corrected chi connectivity index (χ2v) is 2.14. The van der Waals surface area contributed by atoms with Crippen LogP contribution < -0.4 is 0 Å². The van der Waals surface area contributed by atoms with E-state index in [9.17, 15) is 4.79 Å². The maximum absolute atomic E-state index is 10.2. The minimum atomic E-state index is -0.885. The molecule has 1 N–H and O–H groups in total. The summed E-state index contributed by atoms with van der Waals surface area (Å²) in [6.45, 7) is 7.23. The fraction of sp³-hybridized carbons (Fsp3) is 0.571. The summed E-state index contributed by atoms with van der Waals surface area (Å²) in [6.07, 6.45) is 0.838. The van der Waals surface area contributed by atoms with Crippen molar-refractivity contribution < 1.29 is 9.90 Å². The van der Waals surface area contributed by atoms with E-state index in [4.69, 9.17) is 5.11 Å². The SMILES string of the molecule is C=C(C(=O)O)C(C)CC. The van der Waals surface area contributed by atoms with Crippen LogP contribution in [0.15, 0.2) is 12.2 Å². The van der Waals surface area contributed by atoms with Crippen LogP contribution in [0, 0.1) is 5.92 Å². The van der Waals surface area contributed by atoms with E-state index in [1.807, 2.05) is 13.8 Å². The minimum Gasteiger partial charge on any atom is -0.478 e. The highest BCUT2D eigenvalue weighted by atomic mass is 16.4. The molecule has 0 bridgehead atoms. The fourth-order valence-corrected chi connectivity index (χ4v) is 0.457. The molecule has 0 heterocycles. The predicted molar refractivity (Wildman–Crippen MR) is 36.2 cm³/mol. The summed E-state index contributed by atoms with van der Waals surface area (Å²) < 4.78 is 0. The molecule has 0 aromatic heterocycles. The van der Waals surface area contributed by atoms with Crippen LogP contribution in [0.5, 0.6) is 0 Å². The zero-order chi connectivity index (χ0) is 7.44. The second-order valence-electron chi connectivity index (χ2n) is 2.14. The van der Waals surface area contributed by atoms with E-state index in [1.54, 1.807) is 0 Å². The Morgan fingerprint density at radius 3 is 2.33 bits per heavy atom. The average molecular weight is 128 g/mol. The topological polar surface area (TPSA) is 37.3 Å². The zero-order valence-corrected chi connectivity index (χ0v) is 5.85. The summed E-state index contributed by atoms with van der Waals surface area (Å²) >= 11 is 0. The van der Waals surface area contributed by atoms with Gasteiger partial charge >= 0.3 is 5.97 Å². The Labute approximate surface area is 55.2 Å². The highest BCUT2D eigenvalue weighted by Crippen LogP contribution is 2.10. The molecule has 52 valence electrons. The predicted octanol–water partition coefficient (Wildman–Crippen LogP) is 1.67. The molecule has 0 fully saturated rings. The third-order valence-corrected chi connectivity index (χ3v) is 1.48. The molecule has 2 nitrogen and oxygen atoms in total. The van der Waals surface area contributed by atoms with Gasteiger partial charge in [-0.3, -0.25) is 0 Å². The number of rotatable bonds is 3. The van der Waals surface area contributed by atoms with Crippen LogP contribution in [0.2, 0.25) is 0 Å². The lowest BCUT2D eigenvalue weighted by Gasteiger charge is -2.05. The maximum atomic E-state index is 10.2. The van der Waals surface area contributed by atoms with Crippen molar-refractivity contribution in [1.82, 2.24) is 0 Å². The monoisotopic (exact) mass is 128 g/mol. The molecule has 0 aromatic rings. The highest BCUT2D eigenvalue weighted by molar-refractivity contribution is 5.86. The molecule has 0 saturated carbocycles. The summed E-state index contributed by atoms with van der Waals surface area (Å²) in [5, 5.41) is 8.38. The minimum absolute atomic E-state index is 0.0995. The van der Waals surface area contributed by atoms with Gasteiger partial charge in [0.15, 0.2) is 0 Å². The Morgan fingerprint density at radius 2 is 2.22 bits per heavy atom. The van der Waals surface area contributed by atoms with Gasteiger partial charge < -0.3 is 5.11 Å². The van der Waals surface area contributed by atoms with Gasteiger partial charge in [0.25, 0.3) is 0 Å². The normalized spacial score (nSPS) is 12.7. The Morgan fingerprint density at radius 1 is 1.78 bits per heavy atom. The number of hydrogen-bond acceptors (Lipinski definition) is 1. The smallest absolute Gasteiger partial charge is 0.331 e. The lowest BCUT2D eigenvalue weighted by molar-refractivity contribution is -0.133. The Hall–Kier alpha value is -0.790. The van der Waals surface area contributed by atoms with Crippen molar-refractivity contribution in [1.29, 1.82) is 0 Å². The molecule has 0 rings (SSSR count). The van der Waals surface area contributed by atoms with Gasteiger partial charge in [-0.25, -0.2) is 4.79 Å². The summed E-state index contributed by atoms with van der Waals surface area (Å²) in [5.74, 6) is -0.785. The summed E-state index contributed by atoms with van der Waals surface area (Å²) in [7, 11) is 0. The Bertz CT molecular complexity index is 127. The van der Waals surface area contributed by atoms with E-state index in [-0.39, 0.29) is 5.92 Å². The molecule has 0 radical (unpaired) electrons. The van der Waals surface area contributed by atoms with Crippen molar-refractivity contribution >= 4 is 5.97 Å². The molecule has 0 aliphatic carbocycles. The van der Waals surface area contributed by atoms with Gasteiger partial charge in [0.2, 0.25) is 0 Å².